The van der Waals surface area contributed by atoms with Crippen LogP contribution >= 0.6 is 11.3 Å². The Balaban J connectivity index is 1.72. The molecular weight excluding hydrogens is 304 g/mol. The van der Waals surface area contributed by atoms with Gasteiger partial charge in [0.25, 0.3) is 0 Å². The minimum absolute atomic E-state index is 0.777. The van der Waals surface area contributed by atoms with Gasteiger partial charge in [0.1, 0.15) is 17.0 Å². The molecule has 2 aromatic heterocycles. The zero-order chi connectivity index (χ0) is 16.2. The third-order valence-electron chi connectivity index (χ3n) is 5.09. The van der Waals surface area contributed by atoms with E-state index >= 15 is 0 Å². The molecule has 5 heteroatoms. The monoisotopic (exact) mass is 333 g/mol. The molecule has 126 valence electrons. The normalized spacial score (nSPS) is 17.7. The van der Waals surface area contributed by atoms with Gasteiger partial charge in [0, 0.05) is 17.8 Å². The highest BCUT2D eigenvalue weighted by molar-refractivity contribution is 7.19. The van der Waals surface area contributed by atoms with Gasteiger partial charge in [-0.1, -0.05) is 6.92 Å². The highest BCUT2D eigenvalue weighted by Crippen LogP contribution is 2.39. The Kier molecular flexibility index (Phi) is 5.49. The first-order valence-electron chi connectivity index (χ1n) is 9.05. The van der Waals surface area contributed by atoms with E-state index in [0.717, 1.165) is 23.1 Å². The lowest BCUT2D eigenvalue weighted by Gasteiger charge is -2.19. The number of anilines is 1. The molecule has 3 rings (SSSR count). The fraction of sp³-hybridized carbons (Fsp3) is 0.667. The van der Waals surface area contributed by atoms with E-state index < -0.39 is 0 Å². The fourth-order valence-electron chi connectivity index (χ4n) is 3.57. The van der Waals surface area contributed by atoms with Crippen LogP contribution < -0.4 is 10.2 Å². The molecule has 0 amide bonds. The predicted octanol–water partition coefficient (Wildman–Crippen LogP) is 2.54. The number of nitrogens with zero attached hydrogens (tertiary/aromatic N) is 2. The second-order valence-electron chi connectivity index (χ2n) is 6.74. The van der Waals surface area contributed by atoms with Crippen LogP contribution in [0.5, 0.6) is 0 Å². The molecule has 0 saturated carbocycles. The molecule has 0 aliphatic heterocycles. The molecule has 4 nitrogen and oxygen atoms in total. The Labute approximate surface area is 143 Å². The first-order valence-corrected chi connectivity index (χ1v) is 9.87. The molecule has 2 heterocycles. The number of thiophene rings is 1. The van der Waals surface area contributed by atoms with E-state index in [1.54, 1.807) is 11.2 Å². The van der Waals surface area contributed by atoms with E-state index in [1.165, 1.54) is 61.1 Å². The van der Waals surface area contributed by atoms with Crippen LogP contribution in [0.25, 0.3) is 10.2 Å². The van der Waals surface area contributed by atoms with Gasteiger partial charge in [-0.15, -0.1) is 11.3 Å². The largest absolute Gasteiger partial charge is 0.369 e. The second-order valence-corrected chi connectivity index (χ2v) is 7.83. The molecule has 0 spiro atoms. The molecule has 0 aromatic carbocycles. The van der Waals surface area contributed by atoms with Gasteiger partial charge in [-0.05, 0) is 44.6 Å². The molecular formula is C18H29N4S+. The molecule has 1 aliphatic rings. The smallest absolute Gasteiger partial charge is 0.138 e. The molecule has 23 heavy (non-hydrogen) atoms. The van der Waals surface area contributed by atoms with E-state index in [4.69, 9.17) is 0 Å². The van der Waals surface area contributed by atoms with Crippen molar-refractivity contribution in [2.75, 3.05) is 31.5 Å². The highest BCUT2D eigenvalue weighted by Gasteiger charge is 2.23. The average Bonchev–Trinajstić information content (AvgIpc) is 2.93. The number of aryl methyl sites for hydroxylation is 1. The van der Waals surface area contributed by atoms with Crippen molar-refractivity contribution in [2.45, 2.75) is 46.5 Å². The van der Waals surface area contributed by atoms with Crippen LogP contribution in [0.2, 0.25) is 0 Å². The summed E-state index contributed by atoms with van der Waals surface area (Å²) in [5, 5.41) is 4.88. The van der Waals surface area contributed by atoms with E-state index in [-0.39, 0.29) is 0 Å². The van der Waals surface area contributed by atoms with Crippen molar-refractivity contribution in [1.82, 2.24) is 9.97 Å². The first kappa shape index (κ1) is 16.7. The van der Waals surface area contributed by atoms with Gasteiger partial charge in [-0.2, -0.15) is 0 Å². The zero-order valence-electron chi connectivity index (χ0n) is 14.6. The van der Waals surface area contributed by atoms with E-state index in [0.29, 0.717) is 0 Å². The van der Waals surface area contributed by atoms with Crippen molar-refractivity contribution in [3.63, 3.8) is 0 Å². The van der Waals surface area contributed by atoms with Crippen LogP contribution in [-0.4, -0.2) is 36.1 Å². The van der Waals surface area contributed by atoms with Crippen LogP contribution in [0, 0.1) is 5.92 Å². The lowest BCUT2D eigenvalue weighted by Crippen LogP contribution is -3.11. The Bertz CT molecular complexity index is 648. The van der Waals surface area contributed by atoms with Crippen molar-refractivity contribution < 1.29 is 4.90 Å². The minimum Gasteiger partial charge on any atom is -0.369 e. The van der Waals surface area contributed by atoms with Gasteiger partial charge >= 0.3 is 0 Å². The fourth-order valence-corrected chi connectivity index (χ4v) is 4.75. The van der Waals surface area contributed by atoms with Crippen LogP contribution in [0.15, 0.2) is 6.33 Å². The van der Waals surface area contributed by atoms with Crippen molar-refractivity contribution in [2.24, 2.45) is 5.92 Å². The summed E-state index contributed by atoms with van der Waals surface area (Å²) in [5.41, 5.74) is 1.52. The van der Waals surface area contributed by atoms with E-state index in [1.807, 2.05) is 11.3 Å². The Morgan fingerprint density at radius 1 is 1.30 bits per heavy atom. The van der Waals surface area contributed by atoms with Crippen molar-refractivity contribution >= 4 is 27.4 Å². The number of nitrogens with one attached hydrogen (secondary N) is 2. The molecule has 1 atom stereocenters. The number of fused-ring (bicyclic) bond motifs is 3. The maximum Gasteiger partial charge on any atom is 0.138 e. The Hall–Kier alpha value is -1.20. The van der Waals surface area contributed by atoms with Crippen molar-refractivity contribution in [3.05, 3.63) is 16.8 Å². The summed E-state index contributed by atoms with van der Waals surface area (Å²) in [6.45, 7) is 11.5. The van der Waals surface area contributed by atoms with E-state index in [9.17, 15) is 0 Å². The summed E-state index contributed by atoms with van der Waals surface area (Å²) < 4.78 is 0. The van der Waals surface area contributed by atoms with Crippen molar-refractivity contribution in [3.8, 4) is 0 Å². The van der Waals surface area contributed by atoms with Crippen LogP contribution in [0.1, 0.15) is 44.1 Å². The topological polar surface area (TPSA) is 42.2 Å². The van der Waals surface area contributed by atoms with Crippen molar-refractivity contribution in [1.29, 1.82) is 0 Å². The Morgan fingerprint density at radius 2 is 2.13 bits per heavy atom. The summed E-state index contributed by atoms with van der Waals surface area (Å²) in [6, 6.07) is 0. The summed E-state index contributed by atoms with van der Waals surface area (Å²) in [5.74, 6) is 1.83. The minimum atomic E-state index is 0.777. The maximum absolute atomic E-state index is 4.55. The van der Waals surface area contributed by atoms with Crippen LogP contribution in [0.3, 0.4) is 0 Å². The zero-order valence-corrected chi connectivity index (χ0v) is 15.4. The number of quaternary nitrogens is 1. The lowest BCUT2D eigenvalue weighted by atomic mass is 9.88. The SMILES string of the molecule is CC[NH+](CC)CCCNc1ncnc2sc3c(c12)C[C@H](C)CC3. The number of hydrogen-bond donors (Lipinski definition) is 2. The quantitative estimate of drug-likeness (QED) is 0.765. The van der Waals surface area contributed by atoms with Gasteiger partial charge in [0.2, 0.25) is 0 Å². The van der Waals surface area contributed by atoms with Gasteiger partial charge in [0.05, 0.1) is 25.0 Å². The van der Waals surface area contributed by atoms with Crippen LogP contribution in [-0.2, 0) is 12.8 Å². The predicted molar refractivity (Wildman–Crippen MR) is 98.6 cm³/mol. The Morgan fingerprint density at radius 3 is 2.91 bits per heavy atom. The standard InChI is InChI=1S/C18H28N4S/c1-4-22(5-2)10-6-9-19-17-16-14-11-13(3)7-8-15(14)23-18(16)21-12-20-17/h12-13H,4-11H2,1-3H3,(H,19,20,21)/p+1/t13-/m1/s1. The molecule has 0 bridgehead atoms. The first-order chi connectivity index (χ1) is 11.2. The maximum atomic E-state index is 4.55. The average molecular weight is 334 g/mol. The third-order valence-corrected chi connectivity index (χ3v) is 6.29. The van der Waals surface area contributed by atoms with E-state index in [2.05, 4.69) is 36.1 Å². The highest BCUT2D eigenvalue weighted by atomic mass is 32.1. The third kappa shape index (κ3) is 3.66. The summed E-state index contributed by atoms with van der Waals surface area (Å²) in [4.78, 5) is 13.4. The van der Waals surface area contributed by atoms with Gasteiger partial charge in [0.15, 0.2) is 0 Å². The molecule has 0 radical (unpaired) electrons. The van der Waals surface area contributed by atoms with Gasteiger partial charge < -0.3 is 10.2 Å². The van der Waals surface area contributed by atoms with Gasteiger partial charge in [-0.25, -0.2) is 9.97 Å². The molecule has 0 saturated heterocycles. The number of aromatic nitrogens is 2. The lowest BCUT2D eigenvalue weighted by molar-refractivity contribution is -0.896. The molecule has 1 aliphatic carbocycles. The molecule has 0 fully saturated rings. The summed E-state index contributed by atoms with van der Waals surface area (Å²) in [7, 11) is 0. The number of hydrogen-bond acceptors (Lipinski definition) is 4. The second kappa shape index (κ2) is 7.58. The summed E-state index contributed by atoms with van der Waals surface area (Å²) in [6.07, 6.45) is 6.60. The molecule has 2 N–H and O–H groups in total. The van der Waals surface area contributed by atoms with Crippen LogP contribution in [0.4, 0.5) is 5.82 Å². The molecule has 0 unspecified atom stereocenters. The number of rotatable bonds is 7. The van der Waals surface area contributed by atoms with Gasteiger partial charge in [-0.3, -0.25) is 0 Å². The summed E-state index contributed by atoms with van der Waals surface area (Å²) >= 11 is 1.87. The molecule has 2 aromatic rings.